The van der Waals surface area contributed by atoms with Crippen molar-refractivity contribution in [1.29, 1.82) is 0 Å². The summed E-state index contributed by atoms with van der Waals surface area (Å²) in [6, 6.07) is 9.87. The van der Waals surface area contributed by atoms with Gasteiger partial charge in [0.2, 0.25) is 0 Å². The molecule has 238 valence electrons. The van der Waals surface area contributed by atoms with E-state index in [0.29, 0.717) is 52.8 Å². The number of alkyl halides is 2. The van der Waals surface area contributed by atoms with Gasteiger partial charge in [0.25, 0.3) is 0 Å². The van der Waals surface area contributed by atoms with E-state index in [4.69, 9.17) is 23.7 Å². The lowest BCUT2D eigenvalue weighted by atomic mass is 9.79. The van der Waals surface area contributed by atoms with Crippen LogP contribution in [0, 0.1) is 11.6 Å². The summed E-state index contributed by atoms with van der Waals surface area (Å²) >= 11 is 3.29. The molecule has 0 bridgehead atoms. The maximum atomic E-state index is 16.1. The van der Waals surface area contributed by atoms with Crippen LogP contribution in [-0.4, -0.2) is 92.9 Å². The minimum Gasteiger partial charge on any atom is -0.488 e. The molecule has 11 heteroatoms. The molecule has 7 nitrogen and oxygen atoms in total. The number of para-hydroxylation sites is 1. The molecular formula is C32H42BrF3N2O5. The van der Waals surface area contributed by atoms with Crippen LogP contribution in [0.5, 0.6) is 5.75 Å². The maximum absolute atomic E-state index is 16.1. The monoisotopic (exact) mass is 670 g/mol. The number of aromatic amines is 1. The first-order valence-electron chi connectivity index (χ1n) is 14.7. The summed E-state index contributed by atoms with van der Waals surface area (Å²) in [7, 11) is 0. The largest absolute Gasteiger partial charge is 0.488 e. The minimum atomic E-state index is -1.48. The molecule has 2 heterocycles. The third-order valence-electron chi connectivity index (χ3n) is 7.36. The lowest BCUT2D eigenvalue weighted by molar-refractivity contribution is -0.00327. The molecule has 2 atom stereocenters. The molecule has 4 rings (SSSR count). The van der Waals surface area contributed by atoms with Crippen molar-refractivity contribution in [3.8, 4) is 5.75 Å². The fraction of sp³-hybridized carbons (Fsp3) is 0.562. The highest BCUT2D eigenvalue weighted by atomic mass is 79.9. The molecule has 0 aliphatic carbocycles. The Kier molecular flexibility index (Phi) is 12.7. The molecular weight excluding hydrogens is 629 g/mol. The number of ether oxygens (including phenoxy) is 5. The quantitative estimate of drug-likeness (QED) is 0.125. The molecule has 43 heavy (non-hydrogen) atoms. The Morgan fingerprint density at radius 2 is 1.47 bits per heavy atom. The predicted molar refractivity (Wildman–Crippen MR) is 164 cm³/mol. The Morgan fingerprint density at radius 3 is 2.09 bits per heavy atom. The number of nitrogens with one attached hydrogen (secondary N) is 1. The summed E-state index contributed by atoms with van der Waals surface area (Å²) in [6.45, 7) is 9.16. The normalized spacial score (nSPS) is 17.5. The zero-order valence-electron chi connectivity index (χ0n) is 25.1. The molecule has 3 aromatic rings. The van der Waals surface area contributed by atoms with Crippen molar-refractivity contribution in [2.75, 3.05) is 71.3 Å². The number of nitrogens with zero attached hydrogens (tertiary/aromatic N) is 1. The van der Waals surface area contributed by atoms with Crippen molar-refractivity contribution in [2.24, 2.45) is 0 Å². The maximum Gasteiger partial charge on any atom is 0.171 e. The Hall–Kier alpha value is -2.15. The Balaban J connectivity index is 1.36. The van der Waals surface area contributed by atoms with Gasteiger partial charge in [-0.05, 0) is 44.5 Å². The van der Waals surface area contributed by atoms with E-state index in [-0.39, 0.29) is 37.1 Å². The van der Waals surface area contributed by atoms with Gasteiger partial charge in [-0.15, -0.1) is 0 Å². The highest BCUT2D eigenvalue weighted by molar-refractivity contribution is 9.09. The number of rotatable bonds is 18. The summed E-state index contributed by atoms with van der Waals surface area (Å²) in [4.78, 5) is 5.35. The van der Waals surface area contributed by atoms with Crippen LogP contribution in [-0.2, 0) is 25.5 Å². The van der Waals surface area contributed by atoms with E-state index in [2.05, 4.69) is 20.9 Å². The zero-order chi connectivity index (χ0) is 30.8. The van der Waals surface area contributed by atoms with Gasteiger partial charge in [0.15, 0.2) is 11.6 Å². The number of hydrogen-bond acceptors (Lipinski definition) is 6. The second-order valence-electron chi connectivity index (χ2n) is 11.2. The number of aromatic nitrogens is 1. The van der Waals surface area contributed by atoms with Crippen LogP contribution in [0.25, 0.3) is 10.9 Å². The predicted octanol–water partition coefficient (Wildman–Crippen LogP) is 6.37. The highest BCUT2D eigenvalue weighted by Crippen LogP contribution is 2.45. The number of fused-ring (bicyclic) bond motifs is 3. The molecule has 0 saturated heterocycles. The van der Waals surface area contributed by atoms with Gasteiger partial charge in [-0.25, -0.2) is 13.2 Å². The summed E-state index contributed by atoms with van der Waals surface area (Å²) in [5, 5.41) is 1.70. The molecule has 0 amide bonds. The van der Waals surface area contributed by atoms with Crippen LogP contribution >= 0.6 is 15.9 Å². The third kappa shape index (κ3) is 9.18. The molecule has 0 radical (unpaired) electrons. The van der Waals surface area contributed by atoms with Crippen molar-refractivity contribution in [3.05, 3.63) is 64.9 Å². The van der Waals surface area contributed by atoms with Crippen molar-refractivity contribution < 1.29 is 36.9 Å². The average molecular weight is 672 g/mol. The minimum absolute atomic E-state index is 0.0509. The van der Waals surface area contributed by atoms with Crippen LogP contribution < -0.4 is 4.74 Å². The Bertz CT molecular complexity index is 1300. The van der Waals surface area contributed by atoms with E-state index < -0.39 is 23.2 Å². The van der Waals surface area contributed by atoms with Crippen molar-refractivity contribution >= 4 is 26.8 Å². The van der Waals surface area contributed by atoms with E-state index in [1.165, 1.54) is 26.0 Å². The third-order valence-corrected chi connectivity index (χ3v) is 7.69. The van der Waals surface area contributed by atoms with Gasteiger partial charge in [0.05, 0.1) is 52.9 Å². The standard InChI is InChI=1S/C32H42BrF3N2O5/c1-22-28(29-23-6-4-5-7-25(23)37-26(29)20-38(22)21-32(2,3)36)30-24(34)8-9-27(31(30)35)43-19-18-42-17-16-41-15-14-40-13-12-39-11-10-33/h4-9,22,28,37H,10-21H2,1-3H3. The SMILES string of the molecule is CC1C(c2c(F)ccc(OCCOCCOCCOCCOCCBr)c2F)c2c([nH]c3ccccc23)CN1CC(C)(C)F. The van der Waals surface area contributed by atoms with Crippen LogP contribution in [0.4, 0.5) is 13.2 Å². The summed E-state index contributed by atoms with van der Waals surface area (Å²) < 4.78 is 73.8. The summed E-state index contributed by atoms with van der Waals surface area (Å²) in [5.41, 5.74) is 0.987. The number of benzene rings is 2. The fourth-order valence-electron chi connectivity index (χ4n) is 5.54. The van der Waals surface area contributed by atoms with Crippen LogP contribution in [0.1, 0.15) is 43.5 Å². The lowest BCUT2D eigenvalue weighted by Gasteiger charge is -2.41. The van der Waals surface area contributed by atoms with Gasteiger partial charge in [-0.1, -0.05) is 34.1 Å². The van der Waals surface area contributed by atoms with Crippen molar-refractivity contribution in [2.45, 2.75) is 44.9 Å². The molecule has 0 fully saturated rings. The number of halogens is 4. The molecule has 0 saturated carbocycles. The first kappa shape index (κ1) is 33.7. The summed E-state index contributed by atoms with van der Waals surface area (Å²) in [6.07, 6.45) is 0. The highest BCUT2D eigenvalue weighted by Gasteiger charge is 2.41. The zero-order valence-corrected chi connectivity index (χ0v) is 26.7. The Labute approximate surface area is 260 Å². The molecule has 2 aromatic carbocycles. The second-order valence-corrected chi connectivity index (χ2v) is 12.0. The van der Waals surface area contributed by atoms with Crippen LogP contribution in [0.3, 0.4) is 0 Å². The molecule has 1 aliphatic rings. The topological polar surface area (TPSA) is 65.2 Å². The van der Waals surface area contributed by atoms with Crippen molar-refractivity contribution in [3.63, 3.8) is 0 Å². The second kappa shape index (κ2) is 16.2. The van der Waals surface area contributed by atoms with Gasteiger partial charge >= 0.3 is 0 Å². The van der Waals surface area contributed by atoms with E-state index in [1.807, 2.05) is 36.1 Å². The van der Waals surface area contributed by atoms with E-state index >= 15 is 8.78 Å². The average Bonchev–Trinajstić information content (AvgIpc) is 3.33. The van der Waals surface area contributed by atoms with Gasteiger partial charge < -0.3 is 28.7 Å². The van der Waals surface area contributed by atoms with E-state index in [9.17, 15) is 4.39 Å². The summed E-state index contributed by atoms with van der Waals surface area (Å²) in [5.74, 6) is -2.14. The van der Waals surface area contributed by atoms with Crippen LogP contribution in [0.15, 0.2) is 36.4 Å². The lowest BCUT2D eigenvalue weighted by Crippen LogP contribution is -2.47. The van der Waals surface area contributed by atoms with Gasteiger partial charge in [0.1, 0.15) is 18.1 Å². The molecule has 1 aliphatic heterocycles. The smallest absolute Gasteiger partial charge is 0.171 e. The Morgan fingerprint density at radius 1 is 0.860 bits per heavy atom. The van der Waals surface area contributed by atoms with E-state index in [1.54, 1.807) is 0 Å². The first-order chi connectivity index (χ1) is 20.7. The first-order valence-corrected chi connectivity index (χ1v) is 15.8. The van der Waals surface area contributed by atoms with Gasteiger partial charge in [0, 0.05) is 52.5 Å². The number of hydrogen-bond donors (Lipinski definition) is 1. The number of H-pyrrole nitrogens is 1. The van der Waals surface area contributed by atoms with Gasteiger partial charge in [-0.3, -0.25) is 4.90 Å². The van der Waals surface area contributed by atoms with Gasteiger partial charge in [-0.2, -0.15) is 0 Å². The fourth-order valence-corrected chi connectivity index (χ4v) is 5.77. The van der Waals surface area contributed by atoms with Crippen molar-refractivity contribution in [1.82, 2.24) is 9.88 Å². The van der Waals surface area contributed by atoms with E-state index in [0.717, 1.165) is 27.5 Å². The molecule has 1 aromatic heterocycles. The molecule has 2 unspecified atom stereocenters. The molecule has 1 N–H and O–H groups in total. The molecule has 0 spiro atoms. The van der Waals surface area contributed by atoms with Crippen LogP contribution in [0.2, 0.25) is 0 Å².